The van der Waals surface area contributed by atoms with Gasteiger partial charge in [0.15, 0.2) is 0 Å². The number of carbonyl (C=O) groups is 1. The minimum atomic E-state index is -0.0314. The van der Waals surface area contributed by atoms with Gasteiger partial charge in [-0.15, -0.1) is 0 Å². The molecule has 116 valence electrons. The molecule has 0 aromatic carbocycles. The van der Waals surface area contributed by atoms with Crippen molar-refractivity contribution in [3.63, 3.8) is 0 Å². The molecule has 1 amide bonds. The molecular weight excluding hydrogens is 286 g/mol. The number of nitrogens with one attached hydrogen (secondary N) is 1. The van der Waals surface area contributed by atoms with Crippen LogP contribution >= 0.6 is 11.6 Å². The number of hydrogen-bond donors (Lipinski definition) is 1. The summed E-state index contributed by atoms with van der Waals surface area (Å²) in [6, 6.07) is 3.96. The van der Waals surface area contributed by atoms with Crippen LogP contribution in [-0.4, -0.2) is 34.9 Å². The third kappa shape index (κ3) is 4.34. The molecule has 2 rings (SSSR count). The summed E-state index contributed by atoms with van der Waals surface area (Å²) in [6.07, 6.45) is 5.31. The zero-order chi connectivity index (χ0) is 15.2. The molecule has 0 atom stereocenters. The molecule has 1 N–H and O–H groups in total. The van der Waals surface area contributed by atoms with Gasteiger partial charge in [0, 0.05) is 19.1 Å². The van der Waals surface area contributed by atoms with Crippen molar-refractivity contribution in [1.82, 2.24) is 9.88 Å². The number of anilines is 1. The van der Waals surface area contributed by atoms with Gasteiger partial charge in [-0.25, -0.2) is 4.98 Å². The van der Waals surface area contributed by atoms with Crippen molar-refractivity contribution < 1.29 is 4.79 Å². The van der Waals surface area contributed by atoms with E-state index in [-0.39, 0.29) is 5.91 Å². The number of nitrogens with zero attached hydrogens (tertiary/aromatic N) is 2. The Hall–Kier alpha value is -1.29. The molecule has 4 nitrogen and oxygen atoms in total. The van der Waals surface area contributed by atoms with E-state index in [1.165, 1.54) is 0 Å². The highest BCUT2D eigenvalue weighted by Gasteiger charge is 2.33. The Labute approximate surface area is 131 Å². The Kier molecular flexibility index (Phi) is 5.85. The Morgan fingerprint density at radius 2 is 2.14 bits per heavy atom. The van der Waals surface area contributed by atoms with Gasteiger partial charge in [0.1, 0.15) is 11.5 Å². The summed E-state index contributed by atoms with van der Waals surface area (Å²) in [7, 11) is 0. The Balaban J connectivity index is 2.15. The largest absolute Gasteiger partial charge is 0.370 e. The average Bonchev–Trinajstić information content (AvgIpc) is 3.31. The van der Waals surface area contributed by atoms with E-state index in [1.54, 1.807) is 6.07 Å². The number of unbranched alkanes of at least 4 members (excludes halogenated alkanes) is 1. The molecule has 1 aliphatic carbocycles. The van der Waals surface area contributed by atoms with Gasteiger partial charge in [-0.05, 0) is 37.8 Å². The molecule has 1 aromatic rings. The van der Waals surface area contributed by atoms with Crippen molar-refractivity contribution in [2.75, 3.05) is 18.4 Å². The van der Waals surface area contributed by atoms with Crippen LogP contribution in [0.25, 0.3) is 0 Å². The fourth-order valence-electron chi connectivity index (χ4n) is 2.24. The topological polar surface area (TPSA) is 45.2 Å². The lowest BCUT2D eigenvalue weighted by Crippen LogP contribution is -2.34. The maximum atomic E-state index is 12.7. The summed E-state index contributed by atoms with van der Waals surface area (Å²) in [5.74, 6) is 0.687. The average molecular weight is 310 g/mol. The third-order valence-electron chi connectivity index (χ3n) is 3.61. The highest BCUT2D eigenvalue weighted by atomic mass is 35.5. The summed E-state index contributed by atoms with van der Waals surface area (Å²) < 4.78 is 0. The summed E-state index contributed by atoms with van der Waals surface area (Å²) >= 11 is 6.19. The second kappa shape index (κ2) is 7.64. The van der Waals surface area contributed by atoms with Crippen molar-refractivity contribution in [2.45, 2.75) is 52.0 Å². The van der Waals surface area contributed by atoms with E-state index in [0.29, 0.717) is 16.8 Å². The first-order valence-corrected chi connectivity index (χ1v) is 8.26. The van der Waals surface area contributed by atoms with Crippen LogP contribution in [0.5, 0.6) is 0 Å². The monoisotopic (exact) mass is 309 g/mol. The predicted octanol–water partition coefficient (Wildman–Crippen LogP) is 3.96. The van der Waals surface area contributed by atoms with E-state index < -0.39 is 0 Å². The van der Waals surface area contributed by atoms with Crippen molar-refractivity contribution in [1.29, 1.82) is 0 Å². The number of rotatable bonds is 8. The van der Waals surface area contributed by atoms with Crippen LogP contribution in [0, 0.1) is 0 Å². The van der Waals surface area contributed by atoms with E-state index in [4.69, 9.17) is 11.6 Å². The van der Waals surface area contributed by atoms with E-state index in [2.05, 4.69) is 24.1 Å². The molecule has 1 aliphatic rings. The van der Waals surface area contributed by atoms with Crippen LogP contribution in [-0.2, 0) is 0 Å². The lowest BCUT2D eigenvalue weighted by molar-refractivity contribution is 0.0735. The van der Waals surface area contributed by atoms with E-state index >= 15 is 0 Å². The molecule has 1 saturated carbocycles. The Morgan fingerprint density at radius 1 is 1.38 bits per heavy atom. The molecule has 0 radical (unpaired) electrons. The molecule has 0 unspecified atom stereocenters. The van der Waals surface area contributed by atoms with Gasteiger partial charge in [-0.3, -0.25) is 4.79 Å². The molecule has 0 saturated heterocycles. The standard InChI is InChI=1S/C16H24ClN3O/c1-3-5-11-20(12-6-7-12)16(21)15-13(17)8-9-14(19-15)18-10-4-2/h8-9,12H,3-7,10-11H2,1-2H3,(H,18,19). The van der Waals surface area contributed by atoms with E-state index in [0.717, 1.165) is 51.0 Å². The third-order valence-corrected chi connectivity index (χ3v) is 3.91. The Morgan fingerprint density at radius 3 is 2.76 bits per heavy atom. The number of hydrogen-bond acceptors (Lipinski definition) is 3. The molecule has 1 heterocycles. The molecular formula is C16H24ClN3O. The van der Waals surface area contributed by atoms with Crippen LogP contribution in [0.15, 0.2) is 12.1 Å². The maximum absolute atomic E-state index is 12.7. The number of carbonyl (C=O) groups excluding carboxylic acids is 1. The van der Waals surface area contributed by atoms with Crippen molar-refractivity contribution in [3.8, 4) is 0 Å². The van der Waals surface area contributed by atoms with Crippen LogP contribution < -0.4 is 5.32 Å². The molecule has 1 aromatic heterocycles. The molecule has 5 heteroatoms. The second-order valence-corrected chi connectivity index (χ2v) is 5.94. The highest BCUT2D eigenvalue weighted by Crippen LogP contribution is 2.30. The van der Waals surface area contributed by atoms with Gasteiger partial charge in [0.2, 0.25) is 0 Å². The number of halogens is 1. The van der Waals surface area contributed by atoms with Crippen molar-refractivity contribution in [2.24, 2.45) is 0 Å². The number of aromatic nitrogens is 1. The zero-order valence-electron chi connectivity index (χ0n) is 12.9. The van der Waals surface area contributed by atoms with Gasteiger partial charge in [-0.2, -0.15) is 0 Å². The van der Waals surface area contributed by atoms with Crippen LogP contribution in [0.2, 0.25) is 5.02 Å². The summed E-state index contributed by atoms with van der Waals surface area (Å²) in [6.45, 7) is 5.86. The summed E-state index contributed by atoms with van der Waals surface area (Å²) in [5, 5.41) is 3.64. The smallest absolute Gasteiger partial charge is 0.274 e. The van der Waals surface area contributed by atoms with Gasteiger partial charge < -0.3 is 10.2 Å². The minimum Gasteiger partial charge on any atom is -0.370 e. The van der Waals surface area contributed by atoms with E-state index in [9.17, 15) is 4.79 Å². The predicted molar refractivity (Wildman–Crippen MR) is 87.0 cm³/mol. The van der Waals surface area contributed by atoms with Gasteiger partial charge >= 0.3 is 0 Å². The van der Waals surface area contributed by atoms with Gasteiger partial charge in [0.25, 0.3) is 5.91 Å². The van der Waals surface area contributed by atoms with Gasteiger partial charge in [-0.1, -0.05) is 31.9 Å². The quantitative estimate of drug-likeness (QED) is 0.790. The normalized spacial score (nSPS) is 14.0. The first kappa shape index (κ1) is 16.1. The first-order chi connectivity index (χ1) is 10.2. The number of pyridine rings is 1. The molecule has 0 aliphatic heterocycles. The number of amides is 1. The van der Waals surface area contributed by atoms with Crippen LogP contribution in [0.3, 0.4) is 0 Å². The fraction of sp³-hybridized carbons (Fsp3) is 0.625. The van der Waals surface area contributed by atoms with Crippen LogP contribution in [0.4, 0.5) is 5.82 Å². The van der Waals surface area contributed by atoms with Crippen LogP contribution in [0.1, 0.15) is 56.4 Å². The lowest BCUT2D eigenvalue weighted by atomic mass is 10.2. The van der Waals surface area contributed by atoms with Crippen molar-refractivity contribution in [3.05, 3.63) is 22.8 Å². The first-order valence-electron chi connectivity index (χ1n) is 7.88. The maximum Gasteiger partial charge on any atom is 0.274 e. The lowest BCUT2D eigenvalue weighted by Gasteiger charge is -2.22. The van der Waals surface area contributed by atoms with E-state index in [1.807, 2.05) is 11.0 Å². The Bertz CT molecular complexity index is 488. The summed E-state index contributed by atoms with van der Waals surface area (Å²) in [4.78, 5) is 19.1. The second-order valence-electron chi connectivity index (χ2n) is 5.54. The fourth-order valence-corrected chi connectivity index (χ4v) is 2.43. The van der Waals surface area contributed by atoms with Gasteiger partial charge in [0.05, 0.1) is 5.02 Å². The SMILES string of the molecule is CCCCN(C(=O)c1nc(NCCC)ccc1Cl)C1CC1. The molecule has 1 fully saturated rings. The van der Waals surface area contributed by atoms with Crippen molar-refractivity contribution >= 4 is 23.3 Å². The minimum absolute atomic E-state index is 0.0314. The highest BCUT2D eigenvalue weighted by molar-refractivity contribution is 6.33. The summed E-state index contributed by atoms with van der Waals surface area (Å²) in [5.41, 5.74) is 0.376. The zero-order valence-corrected chi connectivity index (χ0v) is 13.6. The molecule has 0 spiro atoms. The molecule has 21 heavy (non-hydrogen) atoms. The molecule has 0 bridgehead atoms.